The van der Waals surface area contributed by atoms with E-state index < -0.39 is 0 Å². The molecule has 0 bridgehead atoms. The zero-order chi connectivity index (χ0) is 7.84. The lowest BCUT2D eigenvalue weighted by atomic mass is 10.3. The lowest BCUT2D eigenvalue weighted by Gasteiger charge is -1.84. The molecule has 1 aliphatic heterocycles. The van der Waals surface area contributed by atoms with Crippen molar-refractivity contribution in [2.45, 2.75) is 0 Å². The van der Waals surface area contributed by atoms with E-state index in [0.717, 1.165) is 5.22 Å². The quantitative estimate of drug-likeness (QED) is 0.543. The first-order chi connectivity index (χ1) is 5.25. The maximum atomic E-state index is 10.7. The number of halogens is 1. The van der Waals surface area contributed by atoms with Gasteiger partial charge < -0.3 is 0 Å². The van der Waals surface area contributed by atoms with Crippen molar-refractivity contribution >= 4 is 23.6 Å². The standard InChI is InChI=1S/C8H4ClNO/c9-6-2-1-5-3-8(11)10-7(5)4-6/h1-4H. The fourth-order valence-electron chi connectivity index (χ4n) is 1.02. The molecule has 3 heteroatoms. The van der Waals surface area contributed by atoms with Crippen LogP contribution in [0.3, 0.4) is 0 Å². The Morgan fingerprint density at radius 1 is 1.36 bits per heavy atom. The average Bonchev–Trinajstić information content (AvgIpc) is 2.27. The number of hydrogen-bond acceptors (Lipinski definition) is 1. The number of carbonyl (C=O) groups excluding carboxylic acids is 1. The summed E-state index contributed by atoms with van der Waals surface area (Å²) in [6, 6.07) is 5.20. The Balaban J connectivity index is 2.89. The summed E-state index contributed by atoms with van der Waals surface area (Å²) in [5, 5.41) is 2.12. The highest BCUT2D eigenvalue weighted by Crippen LogP contribution is 2.00. The molecule has 0 spiro atoms. The molecule has 0 unspecified atom stereocenters. The minimum atomic E-state index is -0.206. The van der Waals surface area contributed by atoms with Crippen molar-refractivity contribution < 1.29 is 4.79 Å². The van der Waals surface area contributed by atoms with Crippen molar-refractivity contribution in [1.82, 2.24) is 0 Å². The van der Waals surface area contributed by atoms with E-state index in [0.29, 0.717) is 10.4 Å². The van der Waals surface area contributed by atoms with Gasteiger partial charge in [0.15, 0.2) is 0 Å². The Labute approximate surface area is 67.8 Å². The van der Waals surface area contributed by atoms with Crippen LogP contribution in [0, 0.1) is 0 Å². The Morgan fingerprint density at radius 3 is 3.00 bits per heavy atom. The third-order valence-corrected chi connectivity index (χ3v) is 1.74. The summed E-state index contributed by atoms with van der Waals surface area (Å²) in [5.74, 6) is -0.206. The van der Waals surface area contributed by atoms with Gasteiger partial charge in [0.05, 0.1) is 5.36 Å². The van der Waals surface area contributed by atoms with Crippen LogP contribution in [-0.2, 0) is 4.79 Å². The van der Waals surface area contributed by atoms with Crippen LogP contribution in [0.25, 0.3) is 6.08 Å². The minimum absolute atomic E-state index is 0.206. The van der Waals surface area contributed by atoms with Crippen LogP contribution in [-0.4, -0.2) is 5.91 Å². The molecule has 1 aromatic carbocycles. The maximum Gasteiger partial charge on any atom is 0.270 e. The highest BCUT2D eigenvalue weighted by atomic mass is 35.5. The maximum absolute atomic E-state index is 10.7. The van der Waals surface area contributed by atoms with E-state index in [4.69, 9.17) is 11.6 Å². The van der Waals surface area contributed by atoms with Gasteiger partial charge in [-0.3, -0.25) is 4.79 Å². The highest BCUT2D eigenvalue weighted by molar-refractivity contribution is 6.30. The van der Waals surface area contributed by atoms with E-state index in [1.54, 1.807) is 18.2 Å². The fraction of sp³-hybridized carbons (Fsp3) is 0. The molecule has 0 aromatic heterocycles. The molecule has 0 radical (unpaired) electrons. The van der Waals surface area contributed by atoms with E-state index in [-0.39, 0.29) is 5.91 Å². The third kappa shape index (κ3) is 1.05. The lowest BCUT2D eigenvalue weighted by molar-refractivity contribution is -0.112. The van der Waals surface area contributed by atoms with Gasteiger partial charge in [0.2, 0.25) is 0 Å². The second-order valence-corrected chi connectivity index (χ2v) is 2.73. The Morgan fingerprint density at radius 2 is 2.18 bits per heavy atom. The number of rotatable bonds is 0. The van der Waals surface area contributed by atoms with Gasteiger partial charge in [-0.2, -0.15) is 0 Å². The first kappa shape index (κ1) is 6.55. The lowest BCUT2D eigenvalue weighted by Crippen LogP contribution is -2.20. The molecule has 1 aromatic rings. The summed E-state index contributed by atoms with van der Waals surface area (Å²) in [6.45, 7) is 0. The zero-order valence-corrected chi connectivity index (χ0v) is 6.30. The Hall–Kier alpha value is -1.15. The smallest absolute Gasteiger partial charge is 0.267 e. The number of nitrogens with zero attached hydrogens (tertiary/aromatic N) is 1. The molecule has 0 atom stereocenters. The fourth-order valence-corrected chi connectivity index (χ4v) is 1.19. The number of benzene rings is 1. The van der Waals surface area contributed by atoms with Crippen molar-refractivity contribution in [3.05, 3.63) is 33.8 Å². The number of hydrogen-bond donors (Lipinski definition) is 0. The predicted molar refractivity (Wildman–Crippen MR) is 41.7 cm³/mol. The van der Waals surface area contributed by atoms with Crippen molar-refractivity contribution in [2.24, 2.45) is 4.99 Å². The van der Waals surface area contributed by atoms with Crippen LogP contribution in [0.1, 0.15) is 0 Å². The zero-order valence-electron chi connectivity index (χ0n) is 5.54. The molecule has 54 valence electrons. The van der Waals surface area contributed by atoms with Crippen LogP contribution in [0.5, 0.6) is 0 Å². The molecule has 1 heterocycles. The van der Waals surface area contributed by atoms with Gasteiger partial charge in [-0.05, 0) is 12.1 Å². The van der Waals surface area contributed by atoms with Gasteiger partial charge in [0, 0.05) is 16.3 Å². The van der Waals surface area contributed by atoms with E-state index in [9.17, 15) is 4.79 Å². The molecule has 2 rings (SSSR count). The van der Waals surface area contributed by atoms with Gasteiger partial charge in [0.25, 0.3) is 5.91 Å². The molecule has 1 aliphatic rings. The number of carbonyl (C=O) groups is 1. The Kier molecular flexibility index (Phi) is 1.29. The predicted octanol–water partition coefficient (Wildman–Crippen LogP) is 0.280. The molecule has 0 saturated carbocycles. The van der Waals surface area contributed by atoms with Gasteiger partial charge in [-0.15, -0.1) is 0 Å². The molecule has 0 fully saturated rings. The molecule has 1 amide bonds. The molecule has 2 nitrogen and oxygen atoms in total. The SMILES string of the molecule is O=C1C=c2ccc(Cl)cc2=N1. The summed E-state index contributed by atoms with van der Waals surface area (Å²) in [5.41, 5.74) is 0. The van der Waals surface area contributed by atoms with Gasteiger partial charge >= 0.3 is 0 Å². The summed E-state index contributed by atoms with van der Waals surface area (Å²) < 4.78 is 0. The van der Waals surface area contributed by atoms with E-state index in [2.05, 4.69) is 4.99 Å². The van der Waals surface area contributed by atoms with Crippen LogP contribution < -0.4 is 10.6 Å². The highest BCUT2D eigenvalue weighted by Gasteiger charge is 2.01. The molecule has 0 aliphatic carbocycles. The summed E-state index contributed by atoms with van der Waals surface area (Å²) in [6.07, 6.45) is 1.49. The molecule has 0 saturated heterocycles. The van der Waals surface area contributed by atoms with Crippen LogP contribution >= 0.6 is 11.6 Å². The molecular weight excluding hydrogens is 162 g/mol. The third-order valence-electron chi connectivity index (χ3n) is 1.50. The topological polar surface area (TPSA) is 29.4 Å². The van der Waals surface area contributed by atoms with Crippen LogP contribution in [0.2, 0.25) is 5.02 Å². The first-order valence-electron chi connectivity index (χ1n) is 3.16. The van der Waals surface area contributed by atoms with Gasteiger partial charge in [-0.25, -0.2) is 4.99 Å². The first-order valence-corrected chi connectivity index (χ1v) is 3.53. The molecular formula is C8H4ClNO. The summed E-state index contributed by atoms with van der Waals surface area (Å²) in [7, 11) is 0. The van der Waals surface area contributed by atoms with E-state index in [1.807, 2.05) is 0 Å². The number of fused-ring (bicyclic) bond motifs is 1. The van der Waals surface area contributed by atoms with E-state index >= 15 is 0 Å². The average molecular weight is 166 g/mol. The van der Waals surface area contributed by atoms with Crippen LogP contribution in [0.15, 0.2) is 23.2 Å². The van der Waals surface area contributed by atoms with Crippen molar-refractivity contribution in [2.75, 3.05) is 0 Å². The number of amides is 1. The summed E-state index contributed by atoms with van der Waals surface area (Å²) in [4.78, 5) is 14.5. The van der Waals surface area contributed by atoms with Crippen molar-refractivity contribution in [3.8, 4) is 0 Å². The second-order valence-electron chi connectivity index (χ2n) is 2.30. The van der Waals surface area contributed by atoms with Crippen molar-refractivity contribution in [3.63, 3.8) is 0 Å². The van der Waals surface area contributed by atoms with Gasteiger partial charge in [0.1, 0.15) is 0 Å². The van der Waals surface area contributed by atoms with Crippen LogP contribution in [0.4, 0.5) is 0 Å². The van der Waals surface area contributed by atoms with E-state index in [1.165, 1.54) is 6.08 Å². The largest absolute Gasteiger partial charge is 0.270 e. The molecule has 11 heavy (non-hydrogen) atoms. The summed E-state index contributed by atoms with van der Waals surface area (Å²) >= 11 is 5.69. The van der Waals surface area contributed by atoms with Gasteiger partial charge in [-0.1, -0.05) is 17.7 Å². The molecule has 0 N–H and O–H groups in total. The minimum Gasteiger partial charge on any atom is -0.267 e. The Bertz CT molecular complexity index is 436. The second kappa shape index (κ2) is 2.17. The normalized spacial score (nSPS) is 13.7. The monoisotopic (exact) mass is 165 g/mol. The van der Waals surface area contributed by atoms with Crippen molar-refractivity contribution in [1.29, 1.82) is 0 Å².